The van der Waals surface area contributed by atoms with Gasteiger partial charge in [0, 0.05) is 12.1 Å². The van der Waals surface area contributed by atoms with E-state index in [0.29, 0.717) is 45.1 Å². The maximum absolute atomic E-state index is 10.5. The molecule has 3 N–H and O–H groups in total. The van der Waals surface area contributed by atoms with E-state index in [2.05, 4.69) is 29.0 Å². The van der Waals surface area contributed by atoms with Crippen molar-refractivity contribution >= 4 is 23.3 Å². The van der Waals surface area contributed by atoms with Crippen molar-refractivity contribution in [1.82, 2.24) is 24.3 Å². The van der Waals surface area contributed by atoms with Gasteiger partial charge in [-0.05, 0) is 56.2 Å². The highest BCUT2D eigenvalue weighted by atomic mass is 32.1. The number of ether oxygens (including phenoxy) is 1. The van der Waals surface area contributed by atoms with E-state index in [0.717, 1.165) is 5.52 Å². The van der Waals surface area contributed by atoms with Gasteiger partial charge in [-0.25, -0.2) is 4.98 Å². The monoisotopic (exact) mass is 425 g/mol. The number of nitrogens with zero attached hydrogens (tertiary/aromatic N) is 4. The van der Waals surface area contributed by atoms with Crippen molar-refractivity contribution in [1.29, 1.82) is 0 Å². The highest BCUT2D eigenvalue weighted by molar-refractivity contribution is 7.71. The van der Waals surface area contributed by atoms with Gasteiger partial charge in [0.2, 0.25) is 0 Å². The number of aryl methyl sites for hydroxylation is 1. The Kier molecular flexibility index (Phi) is 4.98. The van der Waals surface area contributed by atoms with Crippen LogP contribution in [0.5, 0.6) is 17.2 Å². The first-order valence-corrected chi connectivity index (χ1v) is 10.0. The van der Waals surface area contributed by atoms with E-state index >= 15 is 0 Å². The summed E-state index contributed by atoms with van der Waals surface area (Å²) in [7, 11) is 1.63. The maximum atomic E-state index is 10.5. The number of benzene rings is 2. The molecule has 4 aromatic rings. The summed E-state index contributed by atoms with van der Waals surface area (Å²) in [4.78, 5) is 4.62. The van der Waals surface area contributed by atoms with Crippen LogP contribution in [-0.4, -0.2) is 41.6 Å². The number of fused-ring (bicyclic) bond motifs is 1. The predicted molar refractivity (Wildman–Crippen MR) is 117 cm³/mol. The lowest BCUT2D eigenvalue weighted by Crippen LogP contribution is -2.03. The summed E-state index contributed by atoms with van der Waals surface area (Å²) < 4.78 is 9.70. The van der Waals surface area contributed by atoms with Gasteiger partial charge in [0.15, 0.2) is 10.6 Å². The molecule has 2 aromatic carbocycles. The van der Waals surface area contributed by atoms with Crippen molar-refractivity contribution in [3.8, 4) is 34.3 Å². The Hall–Kier alpha value is -3.33. The minimum atomic E-state index is -0.0857. The number of imidazole rings is 1. The van der Waals surface area contributed by atoms with E-state index in [1.807, 2.05) is 23.6 Å². The topological polar surface area (TPSA) is 101 Å². The van der Waals surface area contributed by atoms with Gasteiger partial charge >= 0.3 is 0 Å². The molecule has 0 spiro atoms. The second-order valence-electron chi connectivity index (χ2n) is 7.27. The SMILES string of the molecule is CCc1cc(-c2n[nH]c(=S)n2-c2ccc(OC)c3c2ncn3C(C)C)c(O)cc1O. The zero-order valence-electron chi connectivity index (χ0n) is 17.2. The van der Waals surface area contributed by atoms with Gasteiger partial charge in [-0.1, -0.05) is 6.92 Å². The molecule has 0 fully saturated rings. The second kappa shape index (κ2) is 7.49. The highest BCUT2D eigenvalue weighted by Crippen LogP contribution is 2.37. The number of aromatic amines is 1. The molecule has 156 valence electrons. The Morgan fingerprint density at radius 1 is 1.20 bits per heavy atom. The number of aromatic nitrogens is 5. The van der Waals surface area contributed by atoms with Crippen molar-refractivity contribution in [2.24, 2.45) is 0 Å². The fourth-order valence-corrected chi connectivity index (χ4v) is 3.86. The van der Waals surface area contributed by atoms with Crippen molar-refractivity contribution in [3.63, 3.8) is 0 Å². The van der Waals surface area contributed by atoms with Crippen molar-refractivity contribution in [2.45, 2.75) is 33.2 Å². The van der Waals surface area contributed by atoms with E-state index < -0.39 is 0 Å². The third kappa shape index (κ3) is 3.02. The van der Waals surface area contributed by atoms with E-state index in [4.69, 9.17) is 17.0 Å². The van der Waals surface area contributed by atoms with Crippen LogP contribution in [-0.2, 0) is 6.42 Å². The smallest absolute Gasteiger partial charge is 0.200 e. The molecule has 0 amide bonds. The van der Waals surface area contributed by atoms with Gasteiger partial charge in [-0.2, -0.15) is 5.10 Å². The first-order valence-electron chi connectivity index (χ1n) is 9.63. The molecule has 0 saturated heterocycles. The number of nitrogens with one attached hydrogen (secondary N) is 1. The average Bonchev–Trinajstić information content (AvgIpc) is 3.32. The molecule has 0 atom stereocenters. The first kappa shape index (κ1) is 20.0. The van der Waals surface area contributed by atoms with Gasteiger partial charge in [0.05, 0.1) is 24.7 Å². The molecule has 0 aliphatic rings. The summed E-state index contributed by atoms with van der Waals surface area (Å²) >= 11 is 5.52. The fraction of sp³-hybridized carbons (Fsp3) is 0.286. The molecule has 9 heteroatoms. The van der Waals surface area contributed by atoms with Gasteiger partial charge in [0.25, 0.3) is 0 Å². The van der Waals surface area contributed by atoms with E-state index in [1.165, 1.54) is 6.07 Å². The van der Waals surface area contributed by atoms with E-state index in [1.54, 1.807) is 24.1 Å². The normalized spacial score (nSPS) is 11.5. The Bertz CT molecular complexity index is 1300. The predicted octanol–water partition coefficient (Wildman–Crippen LogP) is 4.51. The summed E-state index contributed by atoms with van der Waals surface area (Å²) in [6.07, 6.45) is 2.38. The van der Waals surface area contributed by atoms with Crippen molar-refractivity contribution < 1.29 is 14.9 Å². The lowest BCUT2D eigenvalue weighted by Gasteiger charge is -2.14. The summed E-state index contributed by atoms with van der Waals surface area (Å²) in [6.45, 7) is 6.07. The van der Waals surface area contributed by atoms with Crippen LogP contribution in [0.1, 0.15) is 32.4 Å². The standard InChI is InChI=1S/C21H23N5O3S/c1-5-12-8-13(16(28)9-15(12)27)20-23-24-21(30)26(20)14-6-7-17(29-4)19-18(14)22-10-25(19)11(2)3/h6-11,27-28H,5H2,1-4H3,(H,24,30). The third-order valence-corrected chi connectivity index (χ3v) is 5.44. The van der Waals surface area contributed by atoms with Crippen LogP contribution in [0.3, 0.4) is 0 Å². The third-order valence-electron chi connectivity index (χ3n) is 5.17. The number of phenols is 2. The Labute approximate surface area is 178 Å². The summed E-state index contributed by atoms with van der Waals surface area (Å²) in [5.74, 6) is 1.09. The van der Waals surface area contributed by atoms with Crippen molar-refractivity contribution in [3.05, 3.63) is 40.9 Å². The first-order chi connectivity index (χ1) is 14.4. The zero-order valence-corrected chi connectivity index (χ0v) is 18.0. The molecule has 0 saturated carbocycles. The molecular formula is C21H23N5O3S. The molecule has 0 radical (unpaired) electrons. The van der Waals surface area contributed by atoms with Gasteiger partial charge < -0.3 is 19.5 Å². The van der Waals surface area contributed by atoms with Crippen molar-refractivity contribution in [2.75, 3.05) is 7.11 Å². The van der Waals surface area contributed by atoms with Crippen LogP contribution in [0.25, 0.3) is 28.1 Å². The lowest BCUT2D eigenvalue weighted by molar-refractivity contribution is 0.416. The number of rotatable bonds is 5. The van der Waals surface area contributed by atoms with Crippen LogP contribution >= 0.6 is 12.2 Å². The summed E-state index contributed by atoms with van der Waals surface area (Å²) in [5, 5.41) is 27.8. The number of H-pyrrole nitrogens is 1. The molecule has 4 rings (SSSR count). The number of aromatic hydroxyl groups is 2. The molecule has 0 bridgehead atoms. The van der Waals surface area contributed by atoms with Gasteiger partial charge in [-0.15, -0.1) is 0 Å². The fourth-order valence-electron chi connectivity index (χ4n) is 3.63. The quantitative estimate of drug-likeness (QED) is 0.407. The minimum absolute atomic E-state index is 0.0435. The van der Waals surface area contributed by atoms with E-state index in [-0.39, 0.29) is 17.5 Å². The van der Waals surface area contributed by atoms with Crippen LogP contribution in [0.2, 0.25) is 0 Å². The molecular weight excluding hydrogens is 402 g/mol. The van der Waals surface area contributed by atoms with Gasteiger partial charge in [0.1, 0.15) is 28.3 Å². The second-order valence-corrected chi connectivity index (χ2v) is 7.66. The lowest BCUT2D eigenvalue weighted by atomic mass is 10.1. The summed E-state index contributed by atoms with van der Waals surface area (Å²) in [6, 6.07) is 6.97. The van der Waals surface area contributed by atoms with Crippen LogP contribution in [0.4, 0.5) is 0 Å². The number of hydrogen-bond donors (Lipinski definition) is 3. The number of phenolic OH excluding ortho intramolecular Hbond substituents is 2. The largest absolute Gasteiger partial charge is 0.508 e. The molecule has 0 aliphatic carbocycles. The Balaban J connectivity index is 2.03. The molecule has 30 heavy (non-hydrogen) atoms. The van der Waals surface area contributed by atoms with Gasteiger partial charge in [-0.3, -0.25) is 9.67 Å². The molecule has 8 nitrogen and oxygen atoms in total. The average molecular weight is 426 g/mol. The number of methoxy groups -OCH3 is 1. The molecule has 0 unspecified atom stereocenters. The molecule has 2 aromatic heterocycles. The summed E-state index contributed by atoms with van der Waals surface area (Å²) in [5.41, 5.74) is 3.43. The zero-order chi connectivity index (χ0) is 21.6. The van der Waals surface area contributed by atoms with Crippen LogP contribution < -0.4 is 4.74 Å². The van der Waals surface area contributed by atoms with E-state index in [9.17, 15) is 10.2 Å². The molecule has 0 aliphatic heterocycles. The Morgan fingerprint density at radius 3 is 2.63 bits per heavy atom. The highest BCUT2D eigenvalue weighted by Gasteiger charge is 2.21. The van der Waals surface area contributed by atoms with Crippen LogP contribution in [0.15, 0.2) is 30.6 Å². The minimum Gasteiger partial charge on any atom is -0.508 e. The van der Waals surface area contributed by atoms with Crippen LogP contribution in [0, 0.1) is 4.77 Å². The number of hydrogen-bond acceptors (Lipinski definition) is 6. The molecule has 2 heterocycles. The maximum Gasteiger partial charge on any atom is 0.200 e. The Morgan fingerprint density at radius 2 is 1.97 bits per heavy atom.